The van der Waals surface area contributed by atoms with Gasteiger partial charge in [0.1, 0.15) is 18.0 Å². The van der Waals surface area contributed by atoms with Crippen molar-refractivity contribution in [1.29, 1.82) is 0 Å². The molecule has 4 nitrogen and oxygen atoms in total. The highest BCUT2D eigenvalue weighted by Crippen LogP contribution is 2.33. The average molecular weight is 335 g/mol. The van der Waals surface area contributed by atoms with Gasteiger partial charge in [-0.3, -0.25) is 4.57 Å². The van der Waals surface area contributed by atoms with Crippen molar-refractivity contribution in [2.24, 2.45) is 0 Å². The number of nitrogens with two attached hydrogens (primary N) is 1. The molecule has 2 N–H and O–H groups in total. The minimum absolute atomic E-state index is 0.323. The molecule has 0 aliphatic rings. The number of rotatable bonds is 1. The van der Waals surface area contributed by atoms with Crippen molar-refractivity contribution in [2.45, 2.75) is 13.8 Å². The molecular formula is C14H12BrFN4. The lowest BCUT2D eigenvalue weighted by Crippen LogP contribution is -2.02. The molecule has 0 fully saturated rings. The number of hydrogen-bond donors (Lipinski definition) is 1. The zero-order chi connectivity index (χ0) is 14.4. The number of nitrogens with zero attached hydrogens (tertiary/aromatic N) is 3. The van der Waals surface area contributed by atoms with Gasteiger partial charge in [-0.25, -0.2) is 14.4 Å². The number of aryl methyl sites for hydroxylation is 1. The second-order valence-corrected chi connectivity index (χ2v) is 5.43. The highest BCUT2D eigenvalue weighted by atomic mass is 79.9. The minimum atomic E-state index is -0.323. The third kappa shape index (κ3) is 1.71. The Morgan fingerprint density at radius 1 is 1.25 bits per heavy atom. The van der Waals surface area contributed by atoms with E-state index in [9.17, 15) is 4.39 Å². The molecule has 1 aromatic carbocycles. The Morgan fingerprint density at radius 2 is 2.00 bits per heavy atom. The van der Waals surface area contributed by atoms with Crippen molar-refractivity contribution in [3.8, 4) is 5.69 Å². The van der Waals surface area contributed by atoms with E-state index in [1.54, 1.807) is 16.7 Å². The molecule has 3 aromatic rings. The number of aromatic nitrogens is 3. The van der Waals surface area contributed by atoms with Gasteiger partial charge in [0.05, 0.1) is 11.1 Å². The van der Waals surface area contributed by atoms with Gasteiger partial charge in [-0.15, -0.1) is 0 Å². The number of para-hydroxylation sites is 1. The summed E-state index contributed by atoms with van der Waals surface area (Å²) in [6.45, 7) is 3.85. The van der Waals surface area contributed by atoms with Gasteiger partial charge in [-0.05, 0) is 47.5 Å². The molecule has 0 radical (unpaired) electrons. The monoisotopic (exact) mass is 334 g/mol. The van der Waals surface area contributed by atoms with Crippen molar-refractivity contribution in [2.75, 3.05) is 5.73 Å². The average Bonchev–Trinajstić information content (AvgIpc) is 2.65. The Balaban J connectivity index is 2.50. The van der Waals surface area contributed by atoms with E-state index >= 15 is 0 Å². The molecule has 0 bridgehead atoms. The summed E-state index contributed by atoms with van der Waals surface area (Å²) in [4.78, 5) is 8.28. The second kappa shape index (κ2) is 4.56. The summed E-state index contributed by atoms with van der Waals surface area (Å²) < 4.78 is 16.7. The molecule has 0 aliphatic heterocycles. The summed E-state index contributed by atoms with van der Waals surface area (Å²) in [7, 11) is 0. The normalized spacial score (nSPS) is 11.2. The fourth-order valence-electron chi connectivity index (χ4n) is 2.40. The van der Waals surface area contributed by atoms with E-state index in [1.165, 1.54) is 12.4 Å². The van der Waals surface area contributed by atoms with Crippen LogP contribution in [0.5, 0.6) is 0 Å². The quantitative estimate of drug-likeness (QED) is 0.740. The lowest BCUT2D eigenvalue weighted by molar-refractivity contribution is 0.617. The fraction of sp³-hybridized carbons (Fsp3) is 0.143. The molecule has 0 spiro atoms. The van der Waals surface area contributed by atoms with E-state index in [0.717, 1.165) is 16.6 Å². The lowest BCUT2D eigenvalue weighted by Gasteiger charge is -2.11. The van der Waals surface area contributed by atoms with Crippen LogP contribution in [-0.4, -0.2) is 14.5 Å². The molecule has 0 saturated heterocycles. The second-order valence-electron chi connectivity index (χ2n) is 4.57. The number of nitrogen functional groups attached to an aromatic ring is 1. The van der Waals surface area contributed by atoms with Crippen LogP contribution in [0.4, 0.5) is 10.2 Å². The molecule has 0 aliphatic carbocycles. The molecule has 0 atom stereocenters. The SMILES string of the molecule is Cc1c(C)n(-c2c(F)cccc2Br)c2ncnc(N)c12. The van der Waals surface area contributed by atoms with E-state index in [1.807, 2.05) is 13.8 Å². The summed E-state index contributed by atoms with van der Waals surface area (Å²) in [5, 5.41) is 0.764. The molecule has 2 aromatic heterocycles. The topological polar surface area (TPSA) is 56.7 Å². The van der Waals surface area contributed by atoms with Crippen LogP contribution in [0.1, 0.15) is 11.3 Å². The first-order valence-electron chi connectivity index (χ1n) is 6.05. The van der Waals surface area contributed by atoms with Gasteiger partial charge in [-0.2, -0.15) is 0 Å². The Bertz CT molecular complexity index is 805. The van der Waals surface area contributed by atoms with Crippen molar-refractivity contribution in [1.82, 2.24) is 14.5 Å². The standard InChI is InChI=1S/C14H12BrFN4/c1-7-8(2)20(12-9(15)4-3-5-10(12)16)14-11(7)13(17)18-6-19-14/h3-6H,1-2H3,(H2,17,18,19). The maximum Gasteiger partial charge on any atom is 0.150 e. The van der Waals surface area contributed by atoms with E-state index in [4.69, 9.17) is 5.73 Å². The molecule has 20 heavy (non-hydrogen) atoms. The van der Waals surface area contributed by atoms with Crippen molar-refractivity contribution in [3.05, 3.63) is 46.1 Å². The van der Waals surface area contributed by atoms with Crippen LogP contribution < -0.4 is 5.73 Å². The molecule has 0 unspecified atom stereocenters. The van der Waals surface area contributed by atoms with Crippen LogP contribution in [0, 0.1) is 19.7 Å². The summed E-state index contributed by atoms with van der Waals surface area (Å²) >= 11 is 3.40. The molecule has 0 amide bonds. The molecule has 0 saturated carbocycles. The van der Waals surface area contributed by atoms with E-state index in [0.29, 0.717) is 21.6 Å². The first kappa shape index (κ1) is 13.1. The van der Waals surface area contributed by atoms with Gasteiger partial charge in [0.15, 0.2) is 5.65 Å². The summed E-state index contributed by atoms with van der Waals surface area (Å²) in [5.41, 5.74) is 8.80. The predicted octanol–water partition coefficient (Wildman–Crippen LogP) is 3.52. The Hall–Kier alpha value is -1.95. The Labute approximate surface area is 123 Å². The van der Waals surface area contributed by atoms with Crippen molar-refractivity contribution < 1.29 is 4.39 Å². The van der Waals surface area contributed by atoms with Gasteiger partial charge in [0.25, 0.3) is 0 Å². The number of benzene rings is 1. The summed E-state index contributed by atoms with van der Waals surface area (Å²) in [5.74, 6) is 0.0818. The van der Waals surface area contributed by atoms with Crippen LogP contribution in [0.25, 0.3) is 16.7 Å². The van der Waals surface area contributed by atoms with Crippen LogP contribution in [0.2, 0.25) is 0 Å². The van der Waals surface area contributed by atoms with Crippen LogP contribution in [-0.2, 0) is 0 Å². The third-order valence-corrected chi connectivity index (χ3v) is 4.12. The van der Waals surface area contributed by atoms with Crippen LogP contribution in [0.15, 0.2) is 29.0 Å². The highest BCUT2D eigenvalue weighted by molar-refractivity contribution is 9.10. The summed E-state index contributed by atoms with van der Waals surface area (Å²) in [6, 6.07) is 4.87. The maximum absolute atomic E-state index is 14.2. The predicted molar refractivity (Wildman–Crippen MR) is 80.4 cm³/mol. The largest absolute Gasteiger partial charge is 0.383 e. The van der Waals surface area contributed by atoms with Crippen LogP contribution >= 0.6 is 15.9 Å². The Kier molecular flexibility index (Phi) is 2.97. The van der Waals surface area contributed by atoms with Crippen LogP contribution in [0.3, 0.4) is 0 Å². The minimum Gasteiger partial charge on any atom is -0.383 e. The zero-order valence-corrected chi connectivity index (χ0v) is 12.6. The smallest absolute Gasteiger partial charge is 0.150 e. The van der Waals surface area contributed by atoms with E-state index in [2.05, 4.69) is 25.9 Å². The molecule has 6 heteroatoms. The molecule has 102 valence electrons. The van der Waals surface area contributed by atoms with Gasteiger partial charge >= 0.3 is 0 Å². The van der Waals surface area contributed by atoms with Gasteiger partial charge < -0.3 is 5.73 Å². The van der Waals surface area contributed by atoms with Gasteiger partial charge in [0.2, 0.25) is 0 Å². The summed E-state index contributed by atoms with van der Waals surface area (Å²) in [6.07, 6.45) is 1.39. The number of anilines is 1. The Morgan fingerprint density at radius 3 is 2.70 bits per heavy atom. The number of fused-ring (bicyclic) bond motifs is 1. The van der Waals surface area contributed by atoms with Crippen molar-refractivity contribution >= 4 is 32.8 Å². The lowest BCUT2D eigenvalue weighted by atomic mass is 10.2. The fourth-order valence-corrected chi connectivity index (χ4v) is 2.92. The van der Waals surface area contributed by atoms with E-state index in [-0.39, 0.29) is 5.82 Å². The van der Waals surface area contributed by atoms with E-state index < -0.39 is 0 Å². The number of halogens is 2. The molecule has 2 heterocycles. The first-order valence-corrected chi connectivity index (χ1v) is 6.84. The van der Waals surface area contributed by atoms with Gasteiger partial charge in [0, 0.05) is 10.2 Å². The zero-order valence-electron chi connectivity index (χ0n) is 11.0. The van der Waals surface area contributed by atoms with Crippen molar-refractivity contribution in [3.63, 3.8) is 0 Å². The number of hydrogen-bond acceptors (Lipinski definition) is 3. The maximum atomic E-state index is 14.2. The first-order chi connectivity index (χ1) is 9.52. The molecular weight excluding hydrogens is 323 g/mol. The highest BCUT2D eigenvalue weighted by Gasteiger charge is 2.19. The van der Waals surface area contributed by atoms with Gasteiger partial charge in [-0.1, -0.05) is 6.07 Å². The molecule has 3 rings (SSSR count). The third-order valence-electron chi connectivity index (χ3n) is 3.48.